The fourth-order valence-electron chi connectivity index (χ4n) is 1.28. The van der Waals surface area contributed by atoms with Crippen LogP contribution in [0.2, 0.25) is 0 Å². The molecule has 0 saturated heterocycles. The van der Waals surface area contributed by atoms with Gasteiger partial charge in [0, 0.05) is 11.4 Å². The number of aryl methyl sites for hydroxylation is 1. The maximum Gasteiger partial charge on any atom is 0.261 e. The van der Waals surface area contributed by atoms with Gasteiger partial charge in [-0.3, -0.25) is 9.59 Å². The van der Waals surface area contributed by atoms with Crippen LogP contribution in [0.5, 0.6) is 0 Å². The van der Waals surface area contributed by atoms with Crippen molar-refractivity contribution in [3.05, 3.63) is 21.9 Å². The molecule has 0 aromatic carbocycles. The topological polar surface area (TPSA) is 78.4 Å². The Morgan fingerprint density at radius 1 is 1.37 bits per heavy atom. The zero-order chi connectivity index (χ0) is 14.5. The number of thiophene rings is 1. The number of rotatable bonds is 6. The maximum atomic E-state index is 11.7. The van der Waals surface area contributed by atoms with Crippen molar-refractivity contribution < 1.29 is 14.7 Å². The van der Waals surface area contributed by atoms with Crippen LogP contribution in [0, 0.1) is 6.92 Å². The predicted molar refractivity (Wildman–Crippen MR) is 75.3 cm³/mol. The molecule has 1 aromatic rings. The summed E-state index contributed by atoms with van der Waals surface area (Å²) in [6.07, 6.45) is 0.550. The van der Waals surface area contributed by atoms with Gasteiger partial charge in [0.05, 0.1) is 17.0 Å². The third-order valence-corrected chi connectivity index (χ3v) is 3.80. The zero-order valence-corrected chi connectivity index (χ0v) is 12.3. The minimum atomic E-state index is -0.912. The van der Waals surface area contributed by atoms with Crippen molar-refractivity contribution in [2.24, 2.45) is 0 Å². The number of carbonyl (C=O) groups is 2. The Morgan fingerprint density at radius 3 is 2.58 bits per heavy atom. The first-order valence-corrected chi connectivity index (χ1v) is 6.99. The summed E-state index contributed by atoms with van der Waals surface area (Å²) < 4.78 is 0. The summed E-state index contributed by atoms with van der Waals surface area (Å²) >= 11 is 1.38. The van der Waals surface area contributed by atoms with Gasteiger partial charge in [0.15, 0.2) is 0 Å². The first-order valence-electron chi connectivity index (χ1n) is 6.18. The molecule has 1 unspecified atom stereocenters. The lowest BCUT2D eigenvalue weighted by molar-refractivity contribution is -0.121. The fraction of sp³-hybridized carbons (Fsp3) is 0.538. The van der Waals surface area contributed by atoms with E-state index in [0.29, 0.717) is 11.3 Å². The number of hydrogen-bond acceptors (Lipinski definition) is 4. The summed E-state index contributed by atoms with van der Waals surface area (Å²) in [7, 11) is 0. The van der Waals surface area contributed by atoms with Gasteiger partial charge < -0.3 is 15.7 Å². The maximum absolute atomic E-state index is 11.7. The molecule has 1 atom stereocenters. The SMILES string of the molecule is CCC(C)(O)CNC(=O)CNC(=O)c1ccc(C)s1. The summed E-state index contributed by atoms with van der Waals surface area (Å²) in [6, 6.07) is 3.59. The van der Waals surface area contributed by atoms with Crippen LogP contribution in [0.25, 0.3) is 0 Å². The molecule has 0 aliphatic carbocycles. The van der Waals surface area contributed by atoms with Crippen molar-refractivity contribution in [2.75, 3.05) is 13.1 Å². The van der Waals surface area contributed by atoms with Crippen molar-refractivity contribution in [1.82, 2.24) is 10.6 Å². The highest BCUT2D eigenvalue weighted by Gasteiger charge is 2.18. The summed E-state index contributed by atoms with van der Waals surface area (Å²) in [5.41, 5.74) is -0.912. The van der Waals surface area contributed by atoms with E-state index >= 15 is 0 Å². The lowest BCUT2D eigenvalue weighted by atomic mass is 10.0. The average molecular weight is 284 g/mol. The highest BCUT2D eigenvalue weighted by molar-refractivity contribution is 7.13. The zero-order valence-electron chi connectivity index (χ0n) is 11.4. The summed E-state index contributed by atoms with van der Waals surface area (Å²) in [5.74, 6) is -0.564. The van der Waals surface area contributed by atoms with Gasteiger partial charge in [-0.05, 0) is 32.4 Å². The Balaban J connectivity index is 2.33. The van der Waals surface area contributed by atoms with E-state index in [1.165, 1.54) is 11.3 Å². The van der Waals surface area contributed by atoms with E-state index in [1.807, 2.05) is 19.9 Å². The molecule has 0 spiro atoms. The number of amides is 2. The van der Waals surface area contributed by atoms with Crippen LogP contribution in [-0.2, 0) is 4.79 Å². The van der Waals surface area contributed by atoms with Crippen LogP contribution >= 0.6 is 11.3 Å². The van der Waals surface area contributed by atoms with Crippen LogP contribution < -0.4 is 10.6 Å². The van der Waals surface area contributed by atoms with E-state index in [2.05, 4.69) is 10.6 Å². The second-order valence-electron chi connectivity index (χ2n) is 4.72. The standard InChI is InChI=1S/C13H20N2O3S/c1-4-13(3,18)8-15-11(16)7-14-12(17)10-6-5-9(2)19-10/h5-6,18H,4,7-8H2,1-3H3,(H,14,17)(H,15,16). The largest absolute Gasteiger partial charge is 0.388 e. The smallest absolute Gasteiger partial charge is 0.261 e. The Hall–Kier alpha value is -1.40. The van der Waals surface area contributed by atoms with Gasteiger partial charge in [0.25, 0.3) is 5.91 Å². The summed E-state index contributed by atoms with van der Waals surface area (Å²) in [5, 5.41) is 14.9. The Kier molecular flexibility index (Phi) is 5.50. The highest BCUT2D eigenvalue weighted by atomic mass is 32.1. The summed E-state index contributed by atoms with van der Waals surface area (Å²) in [6.45, 7) is 5.50. The number of carbonyl (C=O) groups excluding carboxylic acids is 2. The molecule has 3 N–H and O–H groups in total. The summed E-state index contributed by atoms with van der Waals surface area (Å²) in [4.78, 5) is 24.8. The minimum absolute atomic E-state index is 0.0877. The van der Waals surface area contributed by atoms with Crippen molar-refractivity contribution in [1.29, 1.82) is 0 Å². The van der Waals surface area contributed by atoms with E-state index in [4.69, 9.17) is 0 Å². The first kappa shape index (κ1) is 15.7. The Bertz CT molecular complexity index is 454. The van der Waals surface area contributed by atoms with E-state index in [-0.39, 0.29) is 24.9 Å². The molecule has 106 valence electrons. The molecule has 0 saturated carbocycles. The Morgan fingerprint density at radius 2 is 2.05 bits per heavy atom. The van der Waals surface area contributed by atoms with E-state index in [1.54, 1.807) is 13.0 Å². The number of hydrogen-bond donors (Lipinski definition) is 3. The quantitative estimate of drug-likeness (QED) is 0.731. The van der Waals surface area contributed by atoms with Crippen LogP contribution in [-0.4, -0.2) is 35.6 Å². The van der Waals surface area contributed by atoms with E-state index in [9.17, 15) is 14.7 Å². The van der Waals surface area contributed by atoms with E-state index < -0.39 is 5.60 Å². The van der Waals surface area contributed by atoms with Gasteiger partial charge in [-0.2, -0.15) is 0 Å². The molecule has 1 aromatic heterocycles. The molecular formula is C13H20N2O3S. The van der Waals surface area contributed by atoms with Crippen LogP contribution in [0.15, 0.2) is 12.1 Å². The molecule has 0 bridgehead atoms. The third-order valence-electron chi connectivity index (χ3n) is 2.80. The predicted octanol–water partition coefficient (Wildman–Crippen LogP) is 1.06. The highest BCUT2D eigenvalue weighted by Crippen LogP contribution is 2.14. The van der Waals surface area contributed by atoms with Gasteiger partial charge in [-0.15, -0.1) is 11.3 Å². The van der Waals surface area contributed by atoms with Crippen molar-refractivity contribution in [3.63, 3.8) is 0 Å². The molecular weight excluding hydrogens is 264 g/mol. The monoisotopic (exact) mass is 284 g/mol. The normalized spacial score (nSPS) is 13.7. The lowest BCUT2D eigenvalue weighted by Crippen LogP contribution is -2.44. The molecule has 0 fully saturated rings. The molecule has 0 radical (unpaired) electrons. The van der Waals surface area contributed by atoms with Gasteiger partial charge in [0.2, 0.25) is 5.91 Å². The van der Waals surface area contributed by atoms with Crippen molar-refractivity contribution in [3.8, 4) is 0 Å². The Labute approximate surface area is 117 Å². The third kappa shape index (κ3) is 5.40. The molecule has 6 heteroatoms. The molecule has 19 heavy (non-hydrogen) atoms. The molecule has 0 aliphatic rings. The van der Waals surface area contributed by atoms with Crippen LogP contribution in [0.1, 0.15) is 34.8 Å². The minimum Gasteiger partial charge on any atom is -0.388 e. The van der Waals surface area contributed by atoms with Crippen molar-refractivity contribution >= 4 is 23.2 Å². The van der Waals surface area contributed by atoms with Gasteiger partial charge in [-0.1, -0.05) is 6.92 Å². The second-order valence-corrected chi connectivity index (χ2v) is 6.01. The molecule has 2 amide bonds. The number of aliphatic hydroxyl groups is 1. The molecule has 1 rings (SSSR count). The van der Waals surface area contributed by atoms with Gasteiger partial charge >= 0.3 is 0 Å². The first-order chi connectivity index (χ1) is 8.84. The van der Waals surface area contributed by atoms with Crippen molar-refractivity contribution in [2.45, 2.75) is 32.8 Å². The molecule has 1 heterocycles. The molecule has 5 nitrogen and oxygen atoms in total. The average Bonchev–Trinajstić information content (AvgIpc) is 2.80. The van der Waals surface area contributed by atoms with Crippen LogP contribution in [0.3, 0.4) is 0 Å². The number of nitrogens with one attached hydrogen (secondary N) is 2. The van der Waals surface area contributed by atoms with E-state index in [0.717, 1.165) is 4.88 Å². The second kappa shape index (κ2) is 6.68. The van der Waals surface area contributed by atoms with Gasteiger partial charge in [-0.25, -0.2) is 0 Å². The fourth-order valence-corrected chi connectivity index (χ4v) is 2.06. The lowest BCUT2D eigenvalue weighted by Gasteiger charge is -2.21. The molecule has 0 aliphatic heterocycles. The van der Waals surface area contributed by atoms with Crippen LogP contribution in [0.4, 0.5) is 0 Å². The van der Waals surface area contributed by atoms with Gasteiger partial charge in [0.1, 0.15) is 0 Å².